The van der Waals surface area contributed by atoms with E-state index in [4.69, 9.17) is 9.26 Å². The van der Waals surface area contributed by atoms with Crippen LogP contribution in [0.25, 0.3) is 0 Å². The maximum absolute atomic E-state index is 12.7. The fraction of sp³-hybridized carbons (Fsp3) is 0.471. The molecule has 0 radical (unpaired) electrons. The second kappa shape index (κ2) is 7.15. The first-order chi connectivity index (χ1) is 11.9. The van der Waals surface area contributed by atoms with Crippen molar-refractivity contribution in [3.05, 3.63) is 41.3 Å². The number of aryl methyl sites for hydroxylation is 1. The highest BCUT2D eigenvalue weighted by atomic mass is 32.2. The largest absolute Gasteiger partial charge is 0.497 e. The molecule has 0 spiro atoms. The summed E-state index contributed by atoms with van der Waals surface area (Å²) in [6, 6.07) is 6.30. The van der Waals surface area contributed by atoms with Crippen molar-refractivity contribution in [1.29, 1.82) is 0 Å². The molecule has 1 aromatic heterocycles. The van der Waals surface area contributed by atoms with Gasteiger partial charge < -0.3 is 14.2 Å². The third kappa shape index (κ3) is 4.02. The number of benzene rings is 1. The zero-order chi connectivity index (χ0) is 18.0. The Morgan fingerprint density at radius 1 is 1.40 bits per heavy atom. The Morgan fingerprint density at radius 2 is 2.20 bits per heavy atom. The molecule has 1 atom stereocenters. The Balaban J connectivity index is 1.77. The Labute approximate surface area is 148 Å². The van der Waals surface area contributed by atoms with Crippen LogP contribution >= 0.6 is 0 Å². The molecule has 136 valence electrons. The smallest absolute Gasteiger partial charge is 0.240 e. The molecule has 2 aromatic rings. The van der Waals surface area contributed by atoms with Gasteiger partial charge in [0.1, 0.15) is 17.2 Å². The van der Waals surface area contributed by atoms with Crippen molar-refractivity contribution in [2.75, 3.05) is 21.2 Å². The van der Waals surface area contributed by atoms with Gasteiger partial charge in [-0.25, -0.2) is 13.1 Å². The lowest BCUT2D eigenvalue weighted by Crippen LogP contribution is -2.38. The summed E-state index contributed by atoms with van der Waals surface area (Å²) in [6.45, 7) is 0.675. The van der Waals surface area contributed by atoms with E-state index in [9.17, 15) is 8.42 Å². The number of methoxy groups -OCH3 is 1. The molecule has 25 heavy (non-hydrogen) atoms. The molecule has 0 amide bonds. The van der Waals surface area contributed by atoms with Gasteiger partial charge in [-0.2, -0.15) is 0 Å². The monoisotopic (exact) mass is 365 g/mol. The molecule has 3 rings (SSSR count). The van der Waals surface area contributed by atoms with E-state index in [1.54, 1.807) is 18.2 Å². The predicted molar refractivity (Wildman–Crippen MR) is 93.0 cm³/mol. The standard InChI is InChI=1S/C17H23N3O4S/c1-20(2)11-16-15-9-12(7-8-17(15)24-18-16)19-25(21,22)14-6-4-5-13(10-14)23-3/h4-6,10,12,19H,7-9,11H2,1-3H3. The van der Waals surface area contributed by atoms with Crippen LogP contribution in [0.4, 0.5) is 0 Å². The number of ether oxygens (including phenoxy) is 1. The summed E-state index contributed by atoms with van der Waals surface area (Å²) in [5, 5.41) is 4.14. The summed E-state index contributed by atoms with van der Waals surface area (Å²) >= 11 is 0. The maximum Gasteiger partial charge on any atom is 0.240 e. The van der Waals surface area contributed by atoms with E-state index in [-0.39, 0.29) is 10.9 Å². The molecule has 0 fully saturated rings. The van der Waals surface area contributed by atoms with Crippen LogP contribution in [0.15, 0.2) is 33.7 Å². The third-order valence-electron chi connectivity index (χ3n) is 4.26. The first-order valence-corrected chi connectivity index (χ1v) is 9.65. The van der Waals surface area contributed by atoms with Crippen LogP contribution in [0, 0.1) is 0 Å². The van der Waals surface area contributed by atoms with Gasteiger partial charge in [-0.05, 0) is 39.1 Å². The van der Waals surface area contributed by atoms with Crippen LogP contribution in [-0.4, -0.2) is 45.7 Å². The van der Waals surface area contributed by atoms with Crippen molar-refractivity contribution in [3.8, 4) is 5.75 Å². The van der Waals surface area contributed by atoms with Crippen LogP contribution in [0.1, 0.15) is 23.4 Å². The molecule has 1 heterocycles. The van der Waals surface area contributed by atoms with Crippen molar-refractivity contribution in [3.63, 3.8) is 0 Å². The molecule has 8 heteroatoms. The predicted octanol–water partition coefficient (Wildman–Crippen LogP) is 1.58. The Bertz CT molecular complexity index is 845. The minimum Gasteiger partial charge on any atom is -0.497 e. The lowest BCUT2D eigenvalue weighted by atomic mass is 9.92. The van der Waals surface area contributed by atoms with Crippen LogP contribution in [-0.2, 0) is 29.4 Å². The lowest BCUT2D eigenvalue weighted by Gasteiger charge is -2.23. The van der Waals surface area contributed by atoms with Crippen molar-refractivity contribution >= 4 is 10.0 Å². The van der Waals surface area contributed by atoms with E-state index >= 15 is 0 Å². The molecule has 1 unspecified atom stereocenters. The average Bonchev–Trinajstić information content (AvgIpc) is 2.96. The molecule has 1 aromatic carbocycles. The van der Waals surface area contributed by atoms with Crippen LogP contribution in [0.3, 0.4) is 0 Å². The molecule has 0 aliphatic heterocycles. The SMILES string of the molecule is COc1cccc(S(=O)(=O)NC2CCc3onc(CN(C)C)c3C2)c1. The van der Waals surface area contributed by atoms with E-state index in [1.165, 1.54) is 13.2 Å². The highest BCUT2D eigenvalue weighted by molar-refractivity contribution is 7.89. The summed E-state index contributed by atoms with van der Waals surface area (Å²) < 4.78 is 38.7. The summed E-state index contributed by atoms with van der Waals surface area (Å²) in [4.78, 5) is 2.22. The summed E-state index contributed by atoms with van der Waals surface area (Å²) in [6.07, 6.45) is 1.96. The van der Waals surface area contributed by atoms with Crippen molar-refractivity contribution in [2.45, 2.75) is 36.7 Å². The molecule has 0 saturated heterocycles. The second-order valence-electron chi connectivity index (χ2n) is 6.51. The van der Waals surface area contributed by atoms with E-state index in [1.807, 2.05) is 19.0 Å². The van der Waals surface area contributed by atoms with Gasteiger partial charge in [0.15, 0.2) is 0 Å². The Hall–Kier alpha value is -1.90. The molecular weight excluding hydrogens is 342 g/mol. The Morgan fingerprint density at radius 3 is 2.92 bits per heavy atom. The molecule has 1 aliphatic carbocycles. The van der Waals surface area contributed by atoms with Gasteiger partial charge in [0.2, 0.25) is 10.0 Å². The lowest BCUT2D eigenvalue weighted by molar-refractivity contribution is 0.343. The average molecular weight is 365 g/mol. The molecular formula is C17H23N3O4S. The van der Waals surface area contributed by atoms with Gasteiger partial charge in [0.25, 0.3) is 0 Å². The van der Waals surface area contributed by atoms with E-state index in [0.717, 1.165) is 17.0 Å². The number of rotatable bonds is 6. The summed E-state index contributed by atoms with van der Waals surface area (Å²) in [5.41, 5.74) is 1.91. The minimum atomic E-state index is -3.61. The number of nitrogens with one attached hydrogen (secondary N) is 1. The fourth-order valence-electron chi connectivity index (χ4n) is 3.04. The van der Waals surface area contributed by atoms with E-state index in [2.05, 4.69) is 9.88 Å². The number of hydrogen-bond donors (Lipinski definition) is 1. The van der Waals surface area contributed by atoms with Crippen LogP contribution in [0.5, 0.6) is 5.75 Å². The van der Waals surface area contributed by atoms with Crippen molar-refractivity contribution in [2.24, 2.45) is 0 Å². The van der Waals surface area contributed by atoms with Gasteiger partial charge >= 0.3 is 0 Å². The van der Waals surface area contributed by atoms with Crippen LogP contribution in [0.2, 0.25) is 0 Å². The Kier molecular flexibility index (Phi) is 5.12. The summed E-state index contributed by atoms with van der Waals surface area (Å²) in [5.74, 6) is 1.38. The normalized spacial score (nSPS) is 17.5. The number of nitrogens with zero attached hydrogens (tertiary/aromatic N) is 2. The minimum absolute atomic E-state index is 0.177. The first kappa shape index (κ1) is 17.9. The third-order valence-corrected chi connectivity index (χ3v) is 5.78. The number of aromatic nitrogens is 1. The maximum atomic E-state index is 12.7. The molecule has 0 bridgehead atoms. The molecule has 1 aliphatic rings. The van der Waals surface area contributed by atoms with Gasteiger partial charge in [0, 0.05) is 30.6 Å². The van der Waals surface area contributed by atoms with Gasteiger partial charge in [-0.3, -0.25) is 0 Å². The molecule has 7 nitrogen and oxygen atoms in total. The topological polar surface area (TPSA) is 84.7 Å². The zero-order valence-corrected chi connectivity index (χ0v) is 15.5. The molecule has 1 N–H and O–H groups in total. The van der Waals surface area contributed by atoms with E-state index < -0.39 is 10.0 Å². The van der Waals surface area contributed by atoms with E-state index in [0.29, 0.717) is 31.6 Å². The zero-order valence-electron chi connectivity index (χ0n) is 14.7. The number of fused-ring (bicyclic) bond motifs is 1. The van der Waals surface area contributed by atoms with Crippen molar-refractivity contribution < 1.29 is 17.7 Å². The number of hydrogen-bond acceptors (Lipinski definition) is 6. The molecule has 0 saturated carbocycles. The highest BCUT2D eigenvalue weighted by Crippen LogP contribution is 2.26. The quantitative estimate of drug-likeness (QED) is 0.837. The van der Waals surface area contributed by atoms with Gasteiger partial charge in [-0.1, -0.05) is 11.2 Å². The fourth-order valence-corrected chi connectivity index (χ4v) is 4.35. The summed E-state index contributed by atoms with van der Waals surface area (Å²) in [7, 11) is 1.84. The first-order valence-electron chi connectivity index (χ1n) is 8.16. The van der Waals surface area contributed by atoms with Crippen molar-refractivity contribution in [1.82, 2.24) is 14.8 Å². The second-order valence-corrected chi connectivity index (χ2v) is 8.22. The van der Waals surface area contributed by atoms with Crippen LogP contribution < -0.4 is 9.46 Å². The number of sulfonamides is 1. The highest BCUT2D eigenvalue weighted by Gasteiger charge is 2.29. The van der Waals surface area contributed by atoms with Gasteiger partial charge in [-0.15, -0.1) is 0 Å². The van der Waals surface area contributed by atoms with Gasteiger partial charge in [0.05, 0.1) is 12.0 Å².